The standard InChI is InChI=1S/C18H18N4OS/c19-15-14-12(11-6-7-21-9-11)8-13(10-4-2-1-3-5-10)22-18(14)24-16(15)17(20)23/h1-5,8,11,21H,6-7,9,19H2,(H2,20,23). The van der Waals surface area contributed by atoms with Crippen molar-refractivity contribution in [1.29, 1.82) is 0 Å². The highest BCUT2D eigenvalue weighted by molar-refractivity contribution is 7.21. The number of nitrogen functional groups attached to an aromatic ring is 1. The summed E-state index contributed by atoms with van der Waals surface area (Å²) in [5.74, 6) is -0.122. The van der Waals surface area contributed by atoms with Crippen molar-refractivity contribution in [1.82, 2.24) is 10.3 Å². The van der Waals surface area contributed by atoms with Gasteiger partial charge in [0.15, 0.2) is 0 Å². The maximum Gasteiger partial charge on any atom is 0.260 e. The normalized spacial score (nSPS) is 17.4. The molecule has 1 saturated heterocycles. The average molecular weight is 338 g/mol. The first-order valence-corrected chi connectivity index (χ1v) is 8.75. The van der Waals surface area contributed by atoms with Gasteiger partial charge in [0.25, 0.3) is 5.91 Å². The van der Waals surface area contributed by atoms with E-state index in [9.17, 15) is 4.79 Å². The lowest BCUT2D eigenvalue weighted by atomic mass is 9.94. The third-order valence-electron chi connectivity index (χ3n) is 4.52. The van der Waals surface area contributed by atoms with Gasteiger partial charge in [-0.05, 0) is 30.5 Å². The van der Waals surface area contributed by atoms with Gasteiger partial charge in [-0.15, -0.1) is 11.3 Å². The van der Waals surface area contributed by atoms with Crippen LogP contribution in [-0.2, 0) is 0 Å². The van der Waals surface area contributed by atoms with Gasteiger partial charge >= 0.3 is 0 Å². The second-order valence-corrected chi connectivity index (χ2v) is 7.04. The molecule has 2 aromatic heterocycles. The van der Waals surface area contributed by atoms with Crippen LogP contribution < -0.4 is 16.8 Å². The molecular formula is C18H18N4OS. The zero-order valence-corrected chi connectivity index (χ0v) is 13.9. The lowest BCUT2D eigenvalue weighted by Crippen LogP contribution is -2.11. The van der Waals surface area contributed by atoms with E-state index >= 15 is 0 Å². The molecule has 5 N–H and O–H groups in total. The number of primary amides is 1. The van der Waals surface area contributed by atoms with E-state index in [1.165, 1.54) is 11.3 Å². The van der Waals surface area contributed by atoms with Gasteiger partial charge in [-0.25, -0.2) is 4.98 Å². The van der Waals surface area contributed by atoms with Gasteiger partial charge in [0.05, 0.1) is 11.4 Å². The molecule has 0 aliphatic carbocycles. The number of carbonyl (C=O) groups is 1. The molecule has 0 saturated carbocycles. The fraction of sp³-hybridized carbons (Fsp3) is 0.222. The third kappa shape index (κ3) is 2.44. The summed E-state index contributed by atoms with van der Waals surface area (Å²) >= 11 is 1.28. The first kappa shape index (κ1) is 15.1. The fourth-order valence-electron chi connectivity index (χ4n) is 3.33. The molecule has 3 aromatic rings. The van der Waals surface area contributed by atoms with E-state index in [1.54, 1.807) is 0 Å². The van der Waals surface area contributed by atoms with E-state index in [1.807, 2.05) is 30.3 Å². The van der Waals surface area contributed by atoms with Crippen molar-refractivity contribution >= 4 is 33.1 Å². The molecule has 0 radical (unpaired) electrons. The van der Waals surface area contributed by atoms with E-state index in [2.05, 4.69) is 11.4 Å². The van der Waals surface area contributed by atoms with Crippen molar-refractivity contribution in [2.75, 3.05) is 18.8 Å². The van der Waals surface area contributed by atoms with Crippen LogP contribution in [0.25, 0.3) is 21.5 Å². The number of hydrogen-bond donors (Lipinski definition) is 3. The second kappa shape index (κ2) is 5.89. The van der Waals surface area contributed by atoms with Crippen LogP contribution in [0.3, 0.4) is 0 Å². The molecule has 4 rings (SSSR count). The number of carbonyl (C=O) groups excluding carboxylic acids is 1. The molecule has 6 heteroatoms. The Labute approximate surface area is 143 Å². The Hall–Kier alpha value is -2.44. The molecule has 1 aliphatic heterocycles. The van der Waals surface area contributed by atoms with E-state index in [4.69, 9.17) is 16.5 Å². The number of nitrogens with two attached hydrogens (primary N) is 2. The van der Waals surface area contributed by atoms with Gasteiger partial charge in [-0.3, -0.25) is 4.79 Å². The lowest BCUT2D eigenvalue weighted by molar-refractivity contribution is 0.100. The average Bonchev–Trinajstić information content (AvgIpc) is 3.23. The molecule has 122 valence electrons. The van der Waals surface area contributed by atoms with Gasteiger partial charge in [0.1, 0.15) is 9.71 Å². The van der Waals surface area contributed by atoms with Crippen molar-refractivity contribution in [3.8, 4) is 11.3 Å². The largest absolute Gasteiger partial charge is 0.397 e. The quantitative estimate of drug-likeness (QED) is 0.684. The summed E-state index contributed by atoms with van der Waals surface area (Å²) in [4.78, 5) is 17.6. The predicted octanol–water partition coefficient (Wildman–Crippen LogP) is 2.72. The molecule has 1 unspecified atom stereocenters. The number of fused-ring (bicyclic) bond motifs is 1. The number of pyridine rings is 1. The van der Waals surface area contributed by atoms with Crippen LogP contribution in [0.4, 0.5) is 5.69 Å². The molecule has 0 bridgehead atoms. The zero-order chi connectivity index (χ0) is 16.7. The highest BCUT2D eigenvalue weighted by atomic mass is 32.1. The predicted molar refractivity (Wildman–Crippen MR) is 98.2 cm³/mol. The maximum atomic E-state index is 11.7. The number of anilines is 1. The van der Waals surface area contributed by atoms with E-state index < -0.39 is 5.91 Å². The van der Waals surface area contributed by atoms with Gasteiger partial charge < -0.3 is 16.8 Å². The van der Waals surface area contributed by atoms with E-state index in [0.29, 0.717) is 16.5 Å². The van der Waals surface area contributed by atoms with Gasteiger partial charge in [0.2, 0.25) is 0 Å². The van der Waals surface area contributed by atoms with Crippen LogP contribution >= 0.6 is 11.3 Å². The fourth-order valence-corrected chi connectivity index (χ4v) is 4.31. The maximum absolute atomic E-state index is 11.7. The lowest BCUT2D eigenvalue weighted by Gasteiger charge is -2.13. The number of aromatic nitrogens is 1. The van der Waals surface area contributed by atoms with Crippen molar-refractivity contribution in [2.45, 2.75) is 12.3 Å². The molecule has 24 heavy (non-hydrogen) atoms. The number of rotatable bonds is 3. The monoisotopic (exact) mass is 338 g/mol. The van der Waals surface area contributed by atoms with Crippen molar-refractivity contribution < 1.29 is 4.79 Å². The minimum absolute atomic E-state index is 0.371. The van der Waals surface area contributed by atoms with Crippen LogP contribution in [0.1, 0.15) is 27.6 Å². The van der Waals surface area contributed by atoms with Crippen LogP contribution in [0.15, 0.2) is 36.4 Å². The Bertz CT molecular complexity index is 914. The summed E-state index contributed by atoms with van der Waals surface area (Å²) in [5, 5.41) is 4.29. The van der Waals surface area contributed by atoms with Crippen LogP contribution in [0.2, 0.25) is 0 Å². The van der Waals surface area contributed by atoms with E-state index in [-0.39, 0.29) is 0 Å². The minimum Gasteiger partial charge on any atom is -0.397 e. The Balaban J connectivity index is 1.99. The molecule has 5 nitrogen and oxygen atoms in total. The number of thiophene rings is 1. The Morgan fingerprint density at radius 3 is 2.75 bits per heavy atom. The molecule has 1 atom stereocenters. The summed E-state index contributed by atoms with van der Waals surface area (Å²) < 4.78 is 0. The number of nitrogens with one attached hydrogen (secondary N) is 1. The van der Waals surface area contributed by atoms with Gasteiger partial charge in [-0.1, -0.05) is 30.3 Å². The number of nitrogens with zero attached hydrogens (tertiary/aromatic N) is 1. The summed E-state index contributed by atoms with van der Waals surface area (Å²) in [6, 6.07) is 12.2. The van der Waals surface area contributed by atoms with Gasteiger partial charge in [-0.2, -0.15) is 0 Å². The number of hydrogen-bond acceptors (Lipinski definition) is 5. The smallest absolute Gasteiger partial charge is 0.260 e. The summed E-state index contributed by atoms with van der Waals surface area (Å²) in [6.45, 7) is 1.90. The minimum atomic E-state index is -0.493. The Morgan fingerprint density at radius 1 is 1.29 bits per heavy atom. The highest BCUT2D eigenvalue weighted by Crippen LogP contribution is 2.40. The molecular weight excluding hydrogens is 320 g/mol. The van der Waals surface area contributed by atoms with E-state index in [0.717, 1.165) is 46.5 Å². The molecule has 0 spiro atoms. The topological polar surface area (TPSA) is 94.0 Å². The van der Waals surface area contributed by atoms with Crippen LogP contribution in [0, 0.1) is 0 Å². The summed E-state index contributed by atoms with van der Waals surface area (Å²) in [6.07, 6.45) is 1.05. The Morgan fingerprint density at radius 2 is 2.08 bits per heavy atom. The molecule has 1 amide bonds. The second-order valence-electron chi connectivity index (χ2n) is 6.04. The Kier molecular flexibility index (Phi) is 3.70. The number of amides is 1. The number of benzene rings is 1. The van der Waals surface area contributed by atoms with Gasteiger partial charge in [0, 0.05) is 17.5 Å². The van der Waals surface area contributed by atoms with Crippen molar-refractivity contribution in [3.05, 3.63) is 46.8 Å². The molecule has 1 fully saturated rings. The van der Waals surface area contributed by atoms with Crippen molar-refractivity contribution in [2.24, 2.45) is 5.73 Å². The van der Waals surface area contributed by atoms with Crippen LogP contribution in [0.5, 0.6) is 0 Å². The molecule has 1 aliphatic rings. The SMILES string of the molecule is NC(=O)c1sc2nc(-c3ccccc3)cc(C3CCNC3)c2c1N. The van der Waals surface area contributed by atoms with Crippen molar-refractivity contribution in [3.63, 3.8) is 0 Å². The third-order valence-corrected chi connectivity index (χ3v) is 5.64. The molecule has 3 heterocycles. The molecule has 1 aromatic carbocycles. The first-order chi connectivity index (χ1) is 11.6. The first-order valence-electron chi connectivity index (χ1n) is 7.94. The zero-order valence-electron chi connectivity index (χ0n) is 13.1. The van der Waals surface area contributed by atoms with Crippen LogP contribution in [-0.4, -0.2) is 24.0 Å². The summed E-state index contributed by atoms with van der Waals surface area (Å²) in [5.41, 5.74) is 15.3. The highest BCUT2D eigenvalue weighted by Gasteiger charge is 2.25. The summed E-state index contributed by atoms with van der Waals surface area (Å²) in [7, 11) is 0.